The average Bonchev–Trinajstić information content (AvgIpc) is 2.94. The molecular formula is C18H16Br2N2O2. The molecular weight excluding hydrogens is 436 g/mol. The lowest BCUT2D eigenvalue weighted by Crippen LogP contribution is -2.41. The fourth-order valence-corrected chi connectivity index (χ4v) is 3.46. The number of hydrogen-bond donors (Lipinski definition) is 1. The molecule has 1 aliphatic heterocycles. The summed E-state index contributed by atoms with van der Waals surface area (Å²) in [6, 6.07) is 18.8. The Labute approximate surface area is 157 Å². The van der Waals surface area contributed by atoms with Gasteiger partial charge in [0.25, 0.3) is 5.91 Å². The molecule has 0 saturated carbocycles. The monoisotopic (exact) mass is 450 g/mol. The highest BCUT2D eigenvalue weighted by Crippen LogP contribution is 2.38. The molecule has 24 heavy (non-hydrogen) atoms. The van der Waals surface area contributed by atoms with Crippen molar-refractivity contribution in [3.05, 3.63) is 60.7 Å². The van der Waals surface area contributed by atoms with E-state index in [1.807, 2.05) is 60.7 Å². The number of halogens is 2. The van der Waals surface area contributed by atoms with Gasteiger partial charge < -0.3 is 10.1 Å². The number of nitrogens with zero attached hydrogens (tertiary/aromatic N) is 1. The first kappa shape index (κ1) is 17.2. The van der Waals surface area contributed by atoms with E-state index in [4.69, 9.17) is 4.74 Å². The zero-order valence-corrected chi connectivity index (χ0v) is 16.0. The second-order valence-corrected chi connectivity index (χ2v) is 7.47. The largest absolute Gasteiger partial charge is 0.475 e. The summed E-state index contributed by atoms with van der Waals surface area (Å²) in [6.07, 6.45) is 0.385. The van der Waals surface area contributed by atoms with Crippen LogP contribution in [-0.4, -0.2) is 27.6 Å². The highest BCUT2D eigenvalue weighted by atomic mass is 79.9. The SMILES string of the molecule is O=C(Nc1ccccc1)[C@]1(Br)C[C@H](CBr)OC1=Nc1ccccc1. The molecule has 0 spiro atoms. The van der Waals surface area contributed by atoms with Crippen LogP contribution < -0.4 is 5.32 Å². The van der Waals surface area contributed by atoms with Crippen LogP contribution in [0, 0.1) is 0 Å². The van der Waals surface area contributed by atoms with Crippen molar-refractivity contribution >= 4 is 55.0 Å². The number of nitrogens with one attached hydrogen (secondary N) is 1. The van der Waals surface area contributed by atoms with Crippen LogP contribution in [-0.2, 0) is 9.53 Å². The number of amides is 1. The normalized spacial score (nSPS) is 24.6. The van der Waals surface area contributed by atoms with E-state index in [-0.39, 0.29) is 12.0 Å². The van der Waals surface area contributed by atoms with Crippen molar-refractivity contribution in [2.45, 2.75) is 16.8 Å². The zero-order chi connectivity index (χ0) is 17.0. The Kier molecular flexibility index (Phi) is 5.36. The minimum atomic E-state index is -0.989. The predicted molar refractivity (Wildman–Crippen MR) is 104 cm³/mol. The van der Waals surface area contributed by atoms with Gasteiger partial charge in [0.1, 0.15) is 6.10 Å². The smallest absolute Gasteiger partial charge is 0.250 e. The molecule has 4 nitrogen and oxygen atoms in total. The number of alkyl halides is 2. The van der Waals surface area contributed by atoms with E-state index in [2.05, 4.69) is 42.2 Å². The second kappa shape index (κ2) is 7.49. The van der Waals surface area contributed by atoms with Crippen LogP contribution in [0.15, 0.2) is 65.7 Å². The minimum Gasteiger partial charge on any atom is -0.475 e. The molecule has 3 rings (SSSR count). The second-order valence-electron chi connectivity index (χ2n) is 5.47. The van der Waals surface area contributed by atoms with Gasteiger partial charge in [0.15, 0.2) is 4.32 Å². The summed E-state index contributed by atoms with van der Waals surface area (Å²) >= 11 is 7.01. The third kappa shape index (κ3) is 3.70. The number of rotatable bonds is 4. The number of carbonyl (C=O) groups excluding carboxylic acids is 1. The highest BCUT2D eigenvalue weighted by molar-refractivity contribution is 9.10. The quantitative estimate of drug-likeness (QED) is 0.686. The fourth-order valence-electron chi connectivity index (χ4n) is 2.46. The van der Waals surface area contributed by atoms with Crippen molar-refractivity contribution in [1.29, 1.82) is 0 Å². The molecule has 0 bridgehead atoms. The fraction of sp³-hybridized carbons (Fsp3) is 0.222. The van der Waals surface area contributed by atoms with E-state index < -0.39 is 4.32 Å². The molecule has 1 fully saturated rings. The maximum absolute atomic E-state index is 12.9. The topological polar surface area (TPSA) is 50.7 Å². The average molecular weight is 452 g/mol. The Balaban J connectivity index is 1.89. The van der Waals surface area contributed by atoms with E-state index in [1.54, 1.807) is 0 Å². The molecule has 0 aliphatic carbocycles. The summed E-state index contributed by atoms with van der Waals surface area (Å²) in [4.78, 5) is 17.4. The van der Waals surface area contributed by atoms with Crippen molar-refractivity contribution < 1.29 is 9.53 Å². The third-order valence-electron chi connectivity index (χ3n) is 3.68. The van der Waals surface area contributed by atoms with Gasteiger partial charge in [0.2, 0.25) is 5.90 Å². The number of anilines is 1. The van der Waals surface area contributed by atoms with Gasteiger partial charge in [-0.05, 0) is 24.3 Å². The summed E-state index contributed by atoms with van der Waals surface area (Å²) in [5, 5.41) is 3.55. The molecule has 2 aromatic rings. The van der Waals surface area contributed by atoms with E-state index in [9.17, 15) is 4.79 Å². The predicted octanol–water partition coefficient (Wildman–Crippen LogP) is 4.67. The summed E-state index contributed by atoms with van der Waals surface area (Å²) in [6.45, 7) is 0. The van der Waals surface area contributed by atoms with Gasteiger partial charge >= 0.3 is 0 Å². The molecule has 1 N–H and O–H groups in total. The Morgan fingerprint density at radius 2 is 1.79 bits per heavy atom. The van der Waals surface area contributed by atoms with Gasteiger partial charge in [-0.2, -0.15) is 0 Å². The molecule has 2 atom stereocenters. The molecule has 0 unspecified atom stereocenters. The number of ether oxygens (including phenoxy) is 1. The number of aliphatic imine (C=N–C) groups is 1. The first-order valence-electron chi connectivity index (χ1n) is 7.54. The lowest BCUT2D eigenvalue weighted by Gasteiger charge is -2.19. The summed E-state index contributed by atoms with van der Waals surface area (Å²) in [7, 11) is 0. The molecule has 0 aromatic heterocycles. The summed E-state index contributed by atoms with van der Waals surface area (Å²) in [5.74, 6) is 0.193. The lowest BCUT2D eigenvalue weighted by atomic mass is 10.0. The number of para-hydroxylation sites is 2. The molecule has 124 valence electrons. The maximum Gasteiger partial charge on any atom is 0.250 e. The third-order valence-corrected chi connectivity index (χ3v) is 5.42. The van der Waals surface area contributed by atoms with Crippen molar-refractivity contribution in [2.24, 2.45) is 4.99 Å². The van der Waals surface area contributed by atoms with Gasteiger partial charge in [-0.3, -0.25) is 4.79 Å². The molecule has 1 amide bonds. The van der Waals surface area contributed by atoms with Gasteiger partial charge in [-0.25, -0.2) is 4.99 Å². The molecule has 1 aliphatic rings. The van der Waals surface area contributed by atoms with Crippen LogP contribution in [0.1, 0.15) is 6.42 Å². The van der Waals surface area contributed by atoms with Crippen molar-refractivity contribution in [2.75, 3.05) is 10.6 Å². The van der Waals surface area contributed by atoms with Gasteiger partial charge in [0, 0.05) is 17.4 Å². The first-order valence-corrected chi connectivity index (χ1v) is 9.45. The van der Waals surface area contributed by atoms with E-state index in [0.29, 0.717) is 17.6 Å². The maximum atomic E-state index is 12.9. The van der Waals surface area contributed by atoms with Gasteiger partial charge in [-0.1, -0.05) is 68.3 Å². The molecule has 1 saturated heterocycles. The van der Waals surface area contributed by atoms with Crippen LogP contribution in [0.4, 0.5) is 11.4 Å². The zero-order valence-electron chi connectivity index (χ0n) is 12.8. The highest BCUT2D eigenvalue weighted by Gasteiger charge is 2.51. The minimum absolute atomic E-state index is 0.117. The summed E-state index contributed by atoms with van der Waals surface area (Å²) < 4.78 is 4.90. The number of carbonyl (C=O) groups is 1. The Morgan fingerprint density at radius 3 is 2.42 bits per heavy atom. The first-order chi connectivity index (χ1) is 11.6. The van der Waals surface area contributed by atoms with Gasteiger partial charge in [-0.15, -0.1) is 0 Å². The van der Waals surface area contributed by atoms with E-state index in [1.165, 1.54) is 0 Å². The van der Waals surface area contributed by atoms with Gasteiger partial charge in [0.05, 0.1) is 5.69 Å². The van der Waals surface area contributed by atoms with Crippen LogP contribution in [0.3, 0.4) is 0 Å². The molecule has 2 aromatic carbocycles. The van der Waals surface area contributed by atoms with Crippen LogP contribution in [0.5, 0.6) is 0 Å². The lowest BCUT2D eigenvalue weighted by molar-refractivity contribution is -0.116. The molecule has 6 heteroatoms. The van der Waals surface area contributed by atoms with Crippen LogP contribution in [0.2, 0.25) is 0 Å². The van der Waals surface area contributed by atoms with E-state index in [0.717, 1.165) is 11.4 Å². The molecule has 1 heterocycles. The summed E-state index contributed by atoms with van der Waals surface area (Å²) in [5.41, 5.74) is 1.49. The Hall–Kier alpha value is -1.66. The number of benzene rings is 2. The molecule has 0 radical (unpaired) electrons. The van der Waals surface area contributed by atoms with Crippen LogP contribution in [0.25, 0.3) is 0 Å². The Morgan fingerprint density at radius 1 is 1.17 bits per heavy atom. The van der Waals surface area contributed by atoms with Crippen molar-refractivity contribution in [3.63, 3.8) is 0 Å². The number of hydrogen-bond acceptors (Lipinski definition) is 3. The van der Waals surface area contributed by atoms with Crippen molar-refractivity contribution in [3.8, 4) is 0 Å². The van der Waals surface area contributed by atoms with E-state index >= 15 is 0 Å². The Bertz CT molecular complexity index is 737. The van der Waals surface area contributed by atoms with Crippen molar-refractivity contribution in [1.82, 2.24) is 0 Å². The van der Waals surface area contributed by atoms with Crippen LogP contribution >= 0.6 is 31.9 Å². The standard InChI is InChI=1S/C18H16Br2N2O2/c19-12-15-11-18(20,16(23)21-13-7-3-1-4-8-13)17(24-15)22-14-9-5-2-6-10-14/h1-10,15H,11-12H2,(H,21,23)/t15-,18-/m1/s1.